The fraction of sp³-hybridized carbons (Fsp3) is 0.0625. The van der Waals surface area contributed by atoms with Crippen LogP contribution in [0.4, 0.5) is 5.69 Å². The minimum atomic E-state index is -1.17. The van der Waals surface area contributed by atoms with Gasteiger partial charge in [0.05, 0.1) is 12.0 Å². The Morgan fingerprint density at radius 2 is 2.08 bits per heavy atom. The lowest BCUT2D eigenvalue weighted by atomic mass is 10.2. The molecular formula is C16H12N2O5S. The first-order valence-corrected chi connectivity index (χ1v) is 7.66. The maximum atomic E-state index is 11.2. The van der Waals surface area contributed by atoms with Crippen LogP contribution < -0.4 is 4.74 Å². The van der Waals surface area contributed by atoms with Crippen LogP contribution in [-0.4, -0.2) is 28.1 Å². The summed E-state index contributed by atoms with van der Waals surface area (Å²) >= 11 is 1.38. The molecule has 0 aliphatic rings. The largest absolute Gasteiger partial charge is 0.497 e. The number of carboxylic acid groups (broad SMARTS) is 1. The van der Waals surface area contributed by atoms with E-state index >= 15 is 0 Å². The van der Waals surface area contributed by atoms with Crippen LogP contribution in [0, 0.1) is 10.1 Å². The lowest BCUT2D eigenvalue weighted by Gasteiger charge is -2.06. The number of methoxy groups -OCH3 is 1. The second kappa shape index (κ2) is 6.25. The van der Waals surface area contributed by atoms with Gasteiger partial charge in [0.15, 0.2) is 0 Å². The fourth-order valence-electron chi connectivity index (χ4n) is 2.33. The number of fused-ring (bicyclic) bond motifs is 1. The van der Waals surface area contributed by atoms with Crippen molar-refractivity contribution in [3.63, 3.8) is 0 Å². The van der Waals surface area contributed by atoms with Crippen LogP contribution >= 0.6 is 11.8 Å². The van der Waals surface area contributed by atoms with Crippen LogP contribution in [0.3, 0.4) is 0 Å². The molecule has 0 aliphatic heterocycles. The summed E-state index contributed by atoms with van der Waals surface area (Å²) in [6, 6.07) is 11.8. The molecule has 8 heteroatoms. The Balaban J connectivity index is 2.12. The van der Waals surface area contributed by atoms with E-state index in [4.69, 9.17) is 9.84 Å². The van der Waals surface area contributed by atoms with Crippen LogP contribution in [0.25, 0.3) is 10.9 Å². The first-order chi connectivity index (χ1) is 11.5. The third-order valence-electron chi connectivity index (χ3n) is 3.43. The van der Waals surface area contributed by atoms with Gasteiger partial charge in [0.25, 0.3) is 5.69 Å². The molecule has 2 aromatic carbocycles. The summed E-state index contributed by atoms with van der Waals surface area (Å²) in [5.74, 6) is -0.476. The van der Waals surface area contributed by atoms with Crippen LogP contribution in [0.15, 0.2) is 52.3 Å². The molecule has 1 aromatic heterocycles. The third kappa shape index (κ3) is 2.91. The predicted molar refractivity (Wildman–Crippen MR) is 89.0 cm³/mol. The number of benzene rings is 2. The van der Waals surface area contributed by atoms with Crippen molar-refractivity contribution in [3.8, 4) is 5.75 Å². The Labute approximate surface area is 140 Å². The average Bonchev–Trinajstić information content (AvgIpc) is 3.01. The molecule has 3 aromatic rings. The Hall–Kier alpha value is -3.00. The molecule has 0 saturated heterocycles. The summed E-state index contributed by atoms with van der Waals surface area (Å²) in [6.07, 6.45) is 0. The number of nitrogens with one attached hydrogen (secondary N) is 1. The molecule has 7 nitrogen and oxygen atoms in total. The zero-order valence-electron chi connectivity index (χ0n) is 12.5. The number of hydrogen-bond donors (Lipinski definition) is 2. The Morgan fingerprint density at radius 3 is 2.75 bits per heavy atom. The lowest BCUT2D eigenvalue weighted by Crippen LogP contribution is -1.95. The van der Waals surface area contributed by atoms with Gasteiger partial charge in [0, 0.05) is 21.2 Å². The smallest absolute Gasteiger partial charge is 0.352 e. The zero-order chi connectivity index (χ0) is 17.3. The lowest BCUT2D eigenvalue weighted by molar-refractivity contribution is -0.383. The number of carboxylic acids is 1. The number of nitro groups is 1. The molecule has 0 unspecified atom stereocenters. The molecule has 3 rings (SSSR count). The molecule has 0 bridgehead atoms. The first kappa shape index (κ1) is 15.9. The van der Waals surface area contributed by atoms with Gasteiger partial charge in [-0.1, -0.05) is 17.8 Å². The minimum absolute atomic E-state index is 0.0909. The highest BCUT2D eigenvalue weighted by molar-refractivity contribution is 7.99. The quantitative estimate of drug-likeness (QED) is 0.536. The number of nitrogens with zero attached hydrogens (tertiary/aromatic N) is 1. The van der Waals surface area contributed by atoms with Gasteiger partial charge in [0.2, 0.25) is 0 Å². The van der Waals surface area contributed by atoms with E-state index in [1.165, 1.54) is 23.9 Å². The second-order valence-corrected chi connectivity index (χ2v) is 6.01. The van der Waals surface area contributed by atoms with Crippen molar-refractivity contribution >= 4 is 34.3 Å². The van der Waals surface area contributed by atoms with E-state index in [1.54, 1.807) is 13.2 Å². The highest BCUT2D eigenvalue weighted by atomic mass is 32.2. The van der Waals surface area contributed by atoms with Crippen LogP contribution in [0.2, 0.25) is 0 Å². The number of H-pyrrole nitrogens is 1. The summed E-state index contributed by atoms with van der Waals surface area (Å²) in [6.45, 7) is 0. The molecule has 0 fully saturated rings. The molecule has 24 heavy (non-hydrogen) atoms. The second-order valence-electron chi connectivity index (χ2n) is 4.90. The predicted octanol–water partition coefficient (Wildman–Crippen LogP) is 3.93. The number of rotatable bonds is 5. The van der Waals surface area contributed by atoms with Crippen molar-refractivity contribution in [1.82, 2.24) is 4.98 Å². The van der Waals surface area contributed by atoms with E-state index in [0.717, 1.165) is 4.90 Å². The van der Waals surface area contributed by atoms with Gasteiger partial charge in [-0.2, -0.15) is 0 Å². The molecule has 0 aliphatic carbocycles. The monoisotopic (exact) mass is 344 g/mol. The fourth-order valence-corrected chi connectivity index (χ4v) is 3.31. The van der Waals surface area contributed by atoms with E-state index in [0.29, 0.717) is 16.0 Å². The number of aromatic carboxylic acids is 1. The molecule has 1 heterocycles. The number of aromatic nitrogens is 1. The number of hydrogen-bond acceptors (Lipinski definition) is 5. The van der Waals surface area contributed by atoms with Crippen molar-refractivity contribution < 1.29 is 19.6 Å². The number of ether oxygens (including phenoxy) is 1. The molecule has 0 atom stereocenters. The molecule has 0 radical (unpaired) electrons. The Kier molecular flexibility index (Phi) is 4.13. The molecule has 0 saturated carbocycles. The van der Waals surface area contributed by atoms with Crippen molar-refractivity contribution in [2.75, 3.05) is 7.11 Å². The van der Waals surface area contributed by atoms with Crippen LogP contribution in [-0.2, 0) is 0 Å². The van der Waals surface area contributed by atoms with Gasteiger partial charge < -0.3 is 14.8 Å². The molecule has 2 N–H and O–H groups in total. The molecule has 0 spiro atoms. The zero-order valence-corrected chi connectivity index (χ0v) is 13.3. The Morgan fingerprint density at radius 1 is 1.29 bits per heavy atom. The summed E-state index contributed by atoms with van der Waals surface area (Å²) in [7, 11) is 1.57. The van der Waals surface area contributed by atoms with Gasteiger partial charge in [0.1, 0.15) is 17.0 Å². The maximum Gasteiger partial charge on any atom is 0.352 e. The summed E-state index contributed by atoms with van der Waals surface area (Å²) in [5, 5.41) is 20.8. The first-order valence-electron chi connectivity index (χ1n) is 6.85. The van der Waals surface area contributed by atoms with Crippen LogP contribution in [0.5, 0.6) is 5.75 Å². The number of carbonyl (C=O) groups is 1. The van der Waals surface area contributed by atoms with E-state index in [9.17, 15) is 14.9 Å². The van der Waals surface area contributed by atoms with Gasteiger partial charge in [-0.05, 0) is 30.3 Å². The molecule has 0 amide bonds. The van der Waals surface area contributed by atoms with Gasteiger partial charge in [-0.15, -0.1) is 0 Å². The summed E-state index contributed by atoms with van der Waals surface area (Å²) in [5.41, 5.74) is -0.0513. The summed E-state index contributed by atoms with van der Waals surface area (Å²) in [4.78, 5) is 26.0. The van der Waals surface area contributed by atoms with Crippen molar-refractivity contribution in [2.45, 2.75) is 9.79 Å². The van der Waals surface area contributed by atoms with E-state index < -0.39 is 10.9 Å². The standard InChI is InChI=1S/C16H12N2O5S/c1-23-9-3-2-4-10(7-9)24-14-6-5-13(18(21)22)15-11(14)8-12(17-15)16(19)20/h2-8,17H,1H3,(H,19,20). The number of nitro benzene ring substituents is 1. The highest BCUT2D eigenvalue weighted by Crippen LogP contribution is 2.38. The van der Waals surface area contributed by atoms with Crippen molar-refractivity contribution in [2.24, 2.45) is 0 Å². The molecular weight excluding hydrogens is 332 g/mol. The topological polar surface area (TPSA) is 105 Å². The number of non-ortho nitro benzene ring substituents is 1. The normalized spacial score (nSPS) is 10.7. The number of aromatic amines is 1. The van der Waals surface area contributed by atoms with Gasteiger partial charge in [-0.25, -0.2) is 4.79 Å². The van der Waals surface area contributed by atoms with E-state index in [1.807, 2.05) is 24.3 Å². The van der Waals surface area contributed by atoms with Crippen LogP contribution in [0.1, 0.15) is 10.5 Å². The molecule has 122 valence electrons. The Bertz CT molecular complexity index is 951. The van der Waals surface area contributed by atoms with E-state index in [2.05, 4.69) is 4.98 Å². The van der Waals surface area contributed by atoms with Gasteiger partial charge in [-0.3, -0.25) is 10.1 Å². The van der Waals surface area contributed by atoms with Gasteiger partial charge >= 0.3 is 5.97 Å². The van der Waals surface area contributed by atoms with Crippen molar-refractivity contribution in [1.29, 1.82) is 0 Å². The van der Waals surface area contributed by atoms with Crippen molar-refractivity contribution in [3.05, 3.63) is 58.3 Å². The highest BCUT2D eigenvalue weighted by Gasteiger charge is 2.20. The average molecular weight is 344 g/mol. The maximum absolute atomic E-state index is 11.2. The SMILES string of the molecule is COc1cccc(Sc2ccc([N+](=O)[O-])c3[nH]c(C(=O)O)cc23)c1. The third-order valence-corrected chi connectivity index (χ3v) is 4.49. The summed E-state index contributed by atoms with van der Waals surface area (Å²) < 4.78 is 5.18. The van der Waals surface area contributed by atoms with E-state index in [-0.39, 0.29) is 16.9 Å². The minimum Gasteiger partial charge on any atom is -0.497 e.